The third-order valence-corrected chi connectivity index (χ3v) is 5.60. The highest BCUT2D eigenvalue weighted by Gasteiger charge is 2.23. The first-order valence-corrected chi connectivity index (χ1v) is 10.5. The molecule has 3 rings (SSSR count). The number of aromatic nitrogens is 1. The summed E-state index contributed by atoms with van der Waals surface area (Å²) in [6.07, 6.45) is 2.88. The molecule has 0 saturated carbocycles. The van der Waals surface area contributed by atoms with E-state index in [0.717, 1.165) is 41.0 Å². The number of nitrogens with zero attached hydrogens (tertiary/aromatic N) is 2. The van der Waals surface area contributed by atoms with Crippen LogP contribution in [0.4, 0.5) is 5.13 Å². The van der Waals surface area contributed by atoms with Crippen LogP contribution in [0.15, 0.2) is 24.3 Å². The molecule has 0 unspecified atom stereocenters. The van der Waals surface area contributed by atoms with Gasteiger partial charge in [0.05, 0.1) is 23.0 Å². The minimum atomic E-state index is -3.36. The molecule has 7 nitrogen and oxygen atoms in total. The number of thiazole rings is 1. The SMILES string of the molecule is CS(=O)(=O)NCC(=O)N[C@@H]1CCCN(c2nc3ccccc3s2)C1. The van der Waals surface area contributed by atoms with Crippen molar-refractivity contribution in [2.24, 2.45) is 0 Å². The van der Waals surface area contributed by atoms with Crippen molar-refractivity contribution in [2.45, 2.75) is 18.9 Å². The van der Waals surface area contributed by atoms with Gasteiger partial charge in [-0.15, -0.1) is 0 Å². The summed E-state index contributed by atoms with van der Waals surface area (Å²) in [7, 11) is -3.36. The number of anilines is 1. The molecule has 1 amide bonds. The molecular weight excluding hydrogens is 348 g/mol. The molecule has 1 fully saturated rings. The topological polar surface area (TPSA) is 91.4 Å². The number of fused-ring (bicyclic) bond motifs is 1. The van der Waals surface area contributed by atoms with Crippen LogP contribution < -0.4 is 14.9 Å². The maximum atomic E-state index is 11.9. The van der Waals surface area contributed by atoms with Crippen molar-refractivity contribution < 1.29 is 13.2 Å². The van der Waals surface area contributed by atoms with E-state index in [9.17, 15) is 13.2 Å². The van der Waals surface area contributed by atoms with Gasteiger partial charge in [0.15, 0.2) is 5.13 Å². The predicted molar refractivity (Wildman–Crippen MR) is 95.8 cm³/mol. The fourth-order valence-corrected chi connectivity index (χ4v) is 4.13. The zero-order valence-electron chi connectivity index (χ0n) is 13.4. The molecule has 1 aromatic carbocycles. The lowest BCUT2D eigenvalue weighted by molar-refractivity contribution is -0.120. The first-order valence-electron chi connectivity index (χ1n) is 7.75. The molecule has 0 radical (unpaired) electrons. The van der Waals surface area contributed by atoms with Crippen LogP contribution in [-0.4, -0.2) is 51.2 Å². The van der Waals surface area contributed by atoms with Crippen LogP contribution in [0, 0.1) is 0 Å². The maximum absolute atomic E-state index is 11.9. The largest absolute Gasteiger partial charge is 0.350 e. The van der Waals surface area contributed by atoms with Gasteiger partial charge in [0.25, 0.3) is 0 Å². The molecule has 1 aliphatic heterocycles. The highest BCUT2D eigenvalue weighted by molar-refractivity contribution is 7.88. The maximum Gasteiger partial charge on any atom is 0.235 e. The van der Waals surface area contributed by atoms with Gasteiger partial charge < -0.3 is 10.2 Å². The molecule has 9 heteroatoms. The Balaban J connectivity index is 1.60. The monoisotopic (exact) mass is 368 g/mol. The zero-order chi connectivity index (χ0) is 17.2. The third kappa shape index (κ3) is 4.43. The number of para-hydroxylation sites is 1. The van der Waals surface area contributed by atoms with Crippen molar-refractivity contribution in [1.82, 2.24) is 15.0 Å². The van der Waals surface area contributed by atoms with E-state index in [-0.39, 0.29) is 18.5 Å². The second-order valence-electron chi connectivity index (χ2n) is 5.91. The van der Waals surface area contributed by atoms with Gasteiger partial charge in [0.1, 0.15) is 0 Å². The Morgan fingerprint density at radius 1 is 1.42 bits per heavy atom. The first kappa shape index (κ1) is 17.1. The van der Waals surface area contributed by atoms with E-state index in [4.69, 9.17) is 0 Å². The standard InChI is InChI=1S/C15H20N4O3S2/c1-24(21,22)16-9-14(20)17-11-5-4-8-19(10-11)15-18-12-6-2-3-7-13(12)23-15/h2-3,6-7,11,16H,4-5,8-10H2,1H3,(H,17,20)/t11-/m1/s1. The number of rotatable bonds is 5. The highest BCUT2D eigenvalue weighted by Crippen LogP contribution is 2.30. The van der Waals surface area contributed by atoms with E-state index in [2.05, 4.69) is 26.0 Å². The van der Waals surface area contributed by atoms with Crippen molar-refractivity contribution >= 4 is 42.6 Å². The molecule has 0 spiro atoms. The molecule has 130 valence electrons. The van der Waals surface area contributed by atoms with Crippen LogP contribution in [0.3, 0.4) is 0 Å². The van der Waals surface area contributed by atoms with Gasteiger partial charge >= 0.3 is 0 Å². The Morgan fingerprint density at radius 3 is 2.96 bits per heavy atom. The molecule has 2 N–H and O–H groups in total. The number of carbonyl (C=O) groups is 1. The Kier molecular flexibility index (Phi) is 5.02. The van der Waals surface area contributed by atoms with Crippen molar-refractivity contribution in [3.63, 3.8) is 0 Å². The van der Waals surface area contributed by atoms with Crippen LogP contribution in [0.2, 0.25) is 0 Å². The number of sulfonamides is 1. The van der Waals surface area contributed by atoms with Crippen molar-refractivity contribution in [3.05, 3.63) is 24.3 Å². The van der Waals surface area contributed by atoms with Gasteiger partial charge in [0.2, 0.25) is 15.9 Å². The molecule has 1 saturated heterocycles. The predicted octanol–water partition coefficient (Wildman–Crippen LogP) is 0.931. The quantitative estimate of drug-likeness (QED) is 0.819. The van der Waals surface area contributed by atoms with E-state index >= 15 is 0 Å². The van der Waals surface area contributed by atoms with E-state index in [1.54, 1.807) is 11.3 Å². The summed E-state index contributed by atoms with van der Waals surface area (Å²) < 4.78 is 25.4. The Morgan fingerprint density at radius 2 is 2.21 bits per heavy atom. The van der Waals surface area contributed by atoms with Crippen LogP contribution in [0.1, 0.15) is 12.8 Å². The number of piperidine rings is 1. The molecule has 1 aliphatic rings. The average molecular weight is 368 g/mol. The number of benzene rings is 1. The Hall–Kier alpha value is -1.71. The molecule has 2 heterocycles. The van der Waals surface area contributed by atoms with E-state index in [0.29, 0.717) is 6.54 Å². The third-order valence-electron chi connectivity index (χ3n) is 3.83. The summed E-state index contributed by atoms with van der Waals surface area (Å²) in [5.41, 5.74) is 0.987. The Labute approximate surface area is 145 Å². The van der Waals surface area contributed by atoms with Gasteiger partial charge in [-0.25, -0.2) is 18.1 Å². The molecule has 0 aliphatic carbocycles. The van der Waals surface area contributed by atoms with Crippen LogP contribution in [0.25, 0.3) is 10.2 Å². The van der Waals surface area contributed by atoms with Crippen LogP contribution in [0.5, 0.6) is 0 Å². The van der Waals surface area contributed by atoms with Crippen LogP contribution in [-0.2, 0) is 14.8 Å². The molecule has 1 atom stereocenters. The lowest BCUT2D eigenvalue weighted by Crippen LogP contribution is -2.50. The summed E-state index contributed by atoms with van der Waals surface area (Å²) in [5, 5.41) is 3.86. The van der Waals surface area contributed by atoms with Gasteiger partial charge in [-0.1, -0.05) is 23.5 Å². The van der Waals surface area contributed by atoms with Gasteiger partial charge in [0, 0.05) is 19.1 Å². The first-order chi connectivity index (χ1) is 11.4. The van der Waals surface area contributed by atoms with Gasteiger partial charge in [-0.2, -0.15) is 0 Å². The second kappa shape index (κ2) is 7.04. The smallest absolute Gasteiger partial charge is 0.235 e. The molecule has 0 bridgehead atoms. The number of hydrogen-bond acceptors (Lipinski definition) is 6. The number of hydrogen-bond donors (Lipinski definition) is 2. The molecular formula is C15H20N4O3S2. The van der Waals surface area contributed by atoms with Crippen LogP contribution >= 0.6 is 11.3 Å². The molecule has 24 heavy (non-hydrogen) atoms. The lowest BCUT2D eigenvalue weighted by Gasteiger charge is -2.32. The van der Waals surface area contributed by atoms with Crippen molar-refractivity contribution in [3.8, 4) is 0 Å². The minimum Gasteiger partial charge on any atom is -0.350 e. The highest BCUT2D eigenvalue weighted by atomic mass is 32.2. The summed E-state index contributed by atoms with van der Waals surface area (Å²) in [6, 6.07) is 8.02. The molecule has 2 aromatic rings. The number of carbonyl (C=O) groups excluding carboxylic acids is 1. The number of nitrogens with one attached hydrogen (secondary N) is 2. The number of amides is 1. The van der Waals surface area contributed by atoms with E-state index in [1.807, 2.05) is 18.2 Å². The fraction of sp³-hybridized carbons (Fsp3) is 0.467. The zero-order valence-corrected chi connectivity index (χ0v) is 15.0. The van der Waals surface area contributed by atoms with Gasteiger partial charge in [-0.3, -0.25) is 4.79 Å². The lowest BCUT2D eigenvalue weighted by atomic mass is 10.1. The summed E-state index contributed by atoms with van der Waals surface area (Å²) in [6.45, 7) is 1.37. The van der Waals surface area contributed by atoms with Crippen molar-refractivity contribution in [1.29, 1.82) is 0 Å². The average Bonchev–Trinajstić information content (AvgIpc) is 2.97. The minimum absolute atomic E-state index is 0.000350. The van der Waals surface area contributed by atoms with E-state index in [1.165, 1.54) is 0 Å². The van der Waals surface area contributed by atoms with Crippen molar-refractivity contribution in [2.75, 3.05) is 30.8 Å². The normalized spacial score (nSPS) is 18.7. The van der Waals surface area contributed by atoms with E-state index < -0.39 is 10.0 Å². The summed E-state index contributed by atoms with van der Waals surface area (Å²) >= 11 is 1.65. The summed E-state index contributed by atoms with van der Waals surface area (Å²) in [4.78, 5) is 18.7. The van der Waals surface area contributed by atoms with Gasteiger partial charge in [-0.05, 0) is 25.0 Å². The fourth-order valence-electron chi connectivity index (χ4n) is 2.74. The molecule has 1 aromatic heterocycles. The Bertz CT molecular complexity index is 801. The summed E-state index contributed by atoms with van der Waals surface area (Å²) in [5.74, 6) is -0.309. The second-order valence-corrected chi connectivity index (χ2v) is 8.75.